The number of aliphatic hydroxyl groups is 3. The normalized spacial score (nSPS) is 51.8. The molecule has 11 heteroatoms. The molecule has 3 N–H and O–H groups in total. The molecule has 1 heterocycles. The van der Waals surface area contributed by atoms with Gasteiger partial charge in [0.2, 0.25) is 0 Å². The van der Waals surface area contributed by atoms with E-state index in [0.717, 1.165) is 0 Å². The number of esters is 1. The first-order valence-corrected chi connectivity index (χ1v) is 15.8. The molecule has 6 aliphatic rings. The molecule has 5 saturated carbocycles. The number of nitrogens with zero attached hydrogens (tertiary/aromatic N) is 1. The van der Waals surface area contributed by atoms with Crippen LogP contribution in [0.2, 0.25) is 0 Å². The van der Waals surface area contributed by atoms with Crippen LogP contribution >= 0.6 is 0 Å². The second kappa shape index (κ2) is 10.4. The van der Waals surface area contributed by atoms with Crippen LogP contribution < -0.4 is 0 Å². The zero-order valence-electron chi connectivity index (χ0n) is 26.4. The Balaban J connectivity index is 1.50. The van der Waals surface area contributed by atoms with Crippen LogP contribution in [0, 0.1) is 34.5 Å². The summed E-state index contributed by atoms with van der Waals surface area (Å²) in [6.07, 6.45) is -4.42. The molecule has 1 aliphatic heterocycles. The summed E-state index contributed by atoms with van der Waals surface area (Å²) in [5.41, 5.74) is -4.01. The number of carbonyl (C=O) groups is 1. The van der Waals surface area contributed by atoms with Gasteiger partial charge in [-0.1, -0.05) is 25.1 Å². The highest BCUT2D eigenvalue weighted by Gasteiger charge is 2.91. The minimum absolute atomic E-state index is 0.177. The Morgan fingerprint density at radius 2 is 1.73 bits per heavy atom. The molecule has 0 radical (unpaired) electrons. The maximum Gasteiger partial charge on any atom is 0.338 e. The Kier molecular flexibility index (Phi) is 7.33. The van der Waals surface area contributed by atoms with Crippen molar-refractivity contribution in [2.24, 2.45) is 34.5 Å². The molecule has 1 aromatic rings. The van der Waals surface area contributed by atoms with Crippen LogP contribution in [0.5, 0.6) is 0 Å². The van der Waals surface area contributed by atoms with Crippen LogP contribution in [0.15, 0.2) is 30.3 Å². The summed E-state index contributed by atoms with van der Waals surface area (Å²) < 4.78 is 37.7. The average Bonchev–Trinajstić information content (AvgIpc) is 3.40. The average molecular weight is 618 g/mol. The van der Waals surface area contributed by atoms with Gasteiger partial charge in [-0.25, -0.2) is 4.79 Å². The summed E-state index contributed by atoms with van der Waals surface area (Å²) in [4.78, 5) is 16.1. The predicted octanol–water partition coefficient (Wildman–Crippen LogP) is 0.731. The van der Waals surface area contributed by atoms with Gasteiger partial charge in [0.15, 0.2) is 0 Å². The number of ether oxygens (including phenoxy) is 6. The molecule has 1 saturated heterocycles. The molecule has 6 fully saturated rings. The minimum atomic E-state index is -1.71. The van der Waals surface area contributed by atoms with Crippen molar-refractivity contribution >= 4 is 5.97 Å². The predicted molar refractivity (Wildman–Crippen MR) is 156 cm³/mol. The Morgan fingerprint density at radius 1 is 1.00 bits per heavy atom. The van der Waals surface area contributed by atoms with Crippen molar-refractivity contribution in [1.29, 1.82) is 0 Å². The number of rotatable bonds is 9. The number of benzene rings is 1. The number of carbonyl (C=O) groups excluding carboxylic acids is 1. The van der Waals surface area contributed by atoms with Crippen LogP contribution in [0.1, 0.15) is 30.1 Å². The monoisotopic (exact) mass is 617 g/mol. The van der Waals surface area contributed by atoms with Crippen molar-refractivity contribution in [2.75, 3.05) is 55.2 Å². The van der Waals surface area contributed by atoms with Crippen molar-refractivity contribution in [3.8, 4) is 0 Å². The van der Waals surface area contributed by atoms with Gasteiger partial charge < -0.3 is 43.7 Å². The highest BCUT2D eigenvalue weighted by molar-refractivity contribution is 5.89. The Morgan fingerprint density at radius 3 is 2.32 bits per heavy atom. The molecule has 1 spiro atoms. The third kappa shape index (κ3) is 3.31. The lowest BCUT2D eigenvalue weighted by Crippen LogP contribution is -2.81. The van der Waals surface area contributed by atoms with Gasteiger partial charge in [0.25, 0.3) is 0 Å². The molecule has 15 atom stereocenters. The molecule has 44 heavy (non-hydrogen) atoms. The fourth-order valence-electron chi connectivity index (χ4n) is 12.3. The number of likely N-dealkylation sites (tertiary alicyclic amines) is 1. The van der Waals surface area contributed by atoms with Gasteiger partial charge in [-0.3, -0.25) is 4.90 Å². The molecule has 11 nitrogen and oxygen atoms in total. The maximum absolute atomic E-state index is 13.7. The molecule has 7 rings (SSSR count). The first kappa shape index (κ1) is 31.0. The highest BCUT2D eigenvalue weighted by atomic mass is 16.6. The van der Waals surface area contributed by atoms with E-state index in [0.29, 0.717) is 31.7 Å². The van der Waals surface area contributed by atoms with Gasteiger partial charge in [-0.2, -0.15) is 0 Å². The number of hydrogen-bond acceptors (Lipinski definition) is 11. The number of hydrogen-bond donors (Lipinski definition) is 3. The van der Waals surface area contributed by atoms with E-state index < -0.39 is 76.5 Å². The van der Waals surface area contributed by atoms with Gasteiger partial charge in [0.1, 0.15) is 29.5 Å². The lowest BCUT2D eigenvalue weighted by atomic mass is 9.42. The van der Waals surface area contributed by atoms with E-state index in [2.05, 4.69) is 11.8 Å². The third-order valence-electron chi connectivity index (χ3n) is 13.2. The van der Waals surface area contributed by atoms with E-state index in [1.807, 2.05) is 6.07 Å². The summed E-state index contributed by atoms with van der Waals surface area (Å²) in [7, 11) is 8.09. The summed E-state index contributed by atoms with van der Waals surface area (Å²) in [5, 5.41) is 37.1. The number of aliphatic hydroxyl groups excluding tert-OH is 2. The van der Waals surface area contributed by atoms with Crippen LogP contribution in [0.25, 0.3) is 0 Å². The zero-order chi connectivity index (χ0) is 31.4. The molecule has 5 aliphatic carbocycles. The van der Waals surface area contributed by atoms with Gasteiger partial charge >= 0.3 is 5.97 Å². The second-order valence-electron chi connectivity index (χ2n) is 14.0. The second-order valence-corrected chi connectivity index (χ2v) is 14.0. The van der Waals surface area contributed by atoms with Crippen molar-refractivity contribution in [3.63, 3.8) is 0 Å². The Bertz CT molecular complexity index is 1270. The minimum Gasteiger partial charge on any atom is -0.455 e. The first-order valence-electron chi connectivity index (χ1n) is 15.8. The molecule has 244 valence electrons. The summed E-state index contributed by atoms with van der Waals surface area (Å²) in [6, 6.07) is 8.55. The van der Waals surface area contributed by atoms with E-state index >= 15 is 0 Å². The number of fused-ring (bicyclic) bond motifs is 2. The Labute approximate surface area is 258 Å². The molecular weight excluding hydrogens is 570 g/mol. The molecule has 1 unspecified atom stereocenters. The quantitative estimate of drug-likeness (QED) is 0.339. The largest absolute Gasteiger partial charge is 0.455 e. The van der Waals surface area contributed by atoms with Crippen molar-refractivity contribution < 1.29 is 48.5 Å². The molecule has 7 bridgehead atoms. The van der Waals surface area contributed by atoms with Gasteiger partial charge in [0, 0.05) is 83.1 Å². The van der Waals surface area contributed by atoms with Gasteiger partial charge in [-0.15, -0.1) is 0 Å². The summed E-state index contributed by atoms with van der Waals surface area (Å²) in [5.74, 6) is -2.20. The topological polar surface area (TPSA) is 136 Å². The molecular formula is C33H47NO10. The lowest BCUT2D eigenvalue weighted by molar-refractivity contribution is -0.325. The lowest BCUT2D eigenvalue weighted by Gasteiger charge is -2.70. The zero-order valence-corrected chi connectivity index (χ0v) is 26.4. The molecule has 1 aromatic carbocycles. The van der Waals surface area contributed by atoms with Crippen LogP contribution in [-0.2, 0) is 28.4 Å². The van der Waals surface area contributed by atoms with E-state index in [4.69, 9.17) is 28.4 Å². The number of piperidine rings is 1. The standard InChI is InChI=1S/C33H47NO10/c1-7-34-15-30(16-39-2)19(35)13-20(40-3)32-18-14-31(38)27(44-29(37)17-11-9-8-10-12-17)21(18)33(43-6,26(36)28(31)42-5)22(25(32)34)23(41-4)24(30)32/h8-12,18-28,35-36,38H,7,13-16H2,1-6H3/t18-,19-,20+,21-,22+,23+,24-,25-,26+,27-,28+,30+,31-,32?,33-/m1/s1. The first-order chi connectivity index (χ1) is 21.1. The summed E-state index contributed by atoms with van der Waals surface area (Å²) >= 11 is 0. The third-order valence-corrected chi connectivity index (χ3v) is 13.2. The SMILES string of the molecule is CCN1C[C@]2(COC)[C@H](O)C[C@H](OC)C34[C@@H]5C[C@@]6(O)[C@H](OC(=O)c7ccccc7)[C@@H]5[C@@](OC)([C@@H]([C@H](OC)[C@@H]32)[C@@H]14)[C@@H](O)[C@@H]6OC. The number of methoxy groups -OCH3 is 5. The fraction of sp³-hybridized carbons (Fsp3) is 0.788. The van der Waals surface area contributed by atoms with E-state index in [-0.39, 0.29) is 24.3 Å². The molecule has 0 amide bonds. The van der Waals surface area contributed by atoms with Crippen LogP contribution in [0.3, 0.4) is 0 Å². The van der Waals surface area contributed by atoms with E-state index in [1.165, 1.54) is 7.11 Å². The van der Waals surface area contributed by atoms with Gasteiger partial charge in [-0.05, 0) is 31.0 Å². The smallest absolute Gasteiger partial charge is 0.338 e. The molecule has 0 aromatic heterocycles. The van der Waals surface area contributed by atoms with Crippen molar-refractivity contribution in [3.05, 3.63) is 35.9 Å². The maximum atomic E-state index is 13.7. The van der Waals surface area contributed by atoms with Crippen molar-refractivity contribution in [2.45, 2.75) is 73.6 Å². The van der Waals surface area contributed by atoms with E-state index in [1.54, 1.807) is 52.7 Å². The van der Waals surface area contributed by atoms with Crippen LogP contribution in [0.4, 0.5) is 0 Å². The Hall–Kier alpha value is -1.67. The van der Waals surface area contributed by atoms with E-state index in [9.17, 15) is 20.1 Å². The van der Waals surface area contributed by atoms with Gasteiger partial charge in [0.05, 0.1) is 30.5 Å². The van der Waals surface area contributed by atoms with Crippen LogP contribution in [-0.4, -0.2) is 135 Å². The van der Waals surface area contributed by atoms with Crippen molar-refractivity contribution in [1.82, 2.24) is 4.90 Å². The summed E-state index contributed by atoms with van der Waals surface area (Å²) in [6.45, 7) is 3.68. The fourth-order valence-corrected chi connectivity index (χ4v) is 12.3. The highest BCUT2D eigenvalue weighted by Crippen LogP contribution is 2.80.